The van der Waals surface area contributed by atoms with Gasteiger partial charge in [-0.2, -0.15) is 5.10 Å². The first-order valence-corrected chi connectivity index (χ1v) is 6.74. The lowest BCUT2D eigenvalue weighted by molar-refractivity contribution is -0.143. The van der Waals surface area contributed by atoms with E-state index in [4.69, 9.17) is 21.4 Å². The summed E-state index contributed by atoms with van der Waals surface area (Å²) in [5, 5.41) is 15.6. The van der Waals surface area contributed by atoms with Gasteiger partial charge in [0.05, 0.1) is 31.6 Å². The van der Waals surface area contributed by atoms with Crippen LogP contribution >= 0.6 is 11.6 Å². The topological polar surface area (TPSA) is 93.4 Å². The summed E-state index contributed by atoms with van der Waals surface area (Å²) in [4.78, 5) is 22.9. The molecule has 0 radical (unpaired) electrons. The van der Waals surface area contributed by atoms with Crippen LogP contribution in [0.25, 0.3) is 0 Å². The van der Waals surface area contributed by atoms with Crippen molar-refractivity contribution in [2.75, 3.05) is 25.1 Å². The zero-order chi connectivity index (χ0) is 15.0. The highest BCUT2D eigenvalue weighted by molar-refractivity contribution is 6.32. The molecule has 2 N–H and O–H groups in total. The first kappa shape index (κ1) is 16.5. The highest BCUT2D eigenvalue weighted by atomic mass is 35.5. The van der Waals surface area contributed by atoms with Crippen molar-refractivity contribution < 1.29 is 14.6 Å². The van der Waals surface area contributed by atoms with E-state index in [9.17, 15) is 9.59 Å². The van der Waals surface area contributed by atoms with Gasteiger partial charge >= 0.3 is 5.97 Å². The van der Waals surface area contributed by atoms with Crippen molar-refractivity contribution >= 4 is 23.3 Å². The van der Waals surface area contributed by atoms with E-state index in [0.29, 0.717) is 31.7 Å². The second kappa shape index (κ2) is 8.55. The van der Waals surface area contributed by atoms with Crippen molar-refractivity contribution in [3.05, 3.63) is 21.6 Å². The van der Waals surface area contributed by atoms with Gasteiger partial charge in [-0.1, -0.05) is 11.6 Å². The van der Waals surface area contributed by atoms with Crippen LogP contribution in [0.3, 0.4) is 0 Å². The molecule has 0 aliphatic carbocycles. The molecule has 1 rings (SSSR count). The van der Waals surface area contributed by atoms with Crippen LogP contribution in [-0.2, 0) is 16.1 Å². The Bertz CT molecular complexity index is 504. The summed E-state index contributed by atoms with van der Waals surface area (Å²) in [6, 6.07) is 0. The molecule has 0 bridgehead atoms. The number of carbonyl (C=O) groups excluding carboxylic acids is 1. The Morgan fingerprint density at radius 3 is 3.00 bits per heavy atom. The number of aromatic nitrogens is 2. The van der Waals surface area contributed by atoms with E-state index in [1.165, 1.54) is 6.20 Å². The number of hydrogen-bond donors (Lipinski definition) is 2. The smallest absolute Gasteiger partial charge is 0.305 e. The number of rotatable bonds is 8. The molecule has 0 saturated carbocycles. The first-order valence-electron chi connectivity index (χ1n) is 6.36. The second-order valence-corrected chi connectivity index (χ2v) is 4.34. The van der Waals surface area contributed by atoms with Gasteiger partial charge in [-0.15, -0.1) is 0 Å². The van der Waals surface area contributed by atoms with Gasteiger partial charge in [0.1, 0.15) is 5.02 Å². The zero-order valence-corrected chi connectivity index (χ0v) is 12.0. The molecular weight excluding hydrogens is 286 g/mol. The molecule has 0 saturated heterocycles. The Labute approximate surface area is 121 Å². The molecule has 0 amide bonds. The van der Waals surface area contributed by atoms with Crippen LogP contribution in [0.5, 0.6) is 0 Å². The molecule has 7 nitrogen and oxygen atoms in total. The molecule has 1 heterocycles. The molecule has 0 atom stereocenters. The zero-order valence-electron chi connectivity index (χ0n) is 11.3. The van der Waals surface area contributed by atoms with Gasteiger partial charge in [-0.3, -0.25) is 9.59 Å². The molecular formula is C12H18ClN3O4. The Morgan fingerprint density at radius 2 is 2.35 bits per heavy atom. The van der Waals surface area contributed by atoms with Crippen LogP contribution in [0.2, 0.25) is 5.02 Å². The first-order chi connectivity index (χ1) is 9.60. The number of aliphatic hydroxyl groups excluding tert-OH is 1. The lowest BCUT2D eigenvalue weighted by atomic mass is 10.3. The van der Waals surface area contributed by atoms with Gasteiger partial charge in [-0.05, 0) is 13.3 Å². The van der Waals surface area contributed by atoms with Gasteiger partial charge < -0.3 is 15.2 Å². The summed E-state index contributed by atoms with van der Waals surface area (Å²) in [6.45, 7) is 2.51. The number of aliphatic hydroxyl groups is 1. The SMILES string of the molecule is CCOC(=O)CCCNc1cnn(CCO)c(=O)c1Cl. The maximum atomic E-state index is 11.7. The predicted octanol–water partition coefficient (Wildman–Crippen LogP) is 0.644. The molecule has 1 aromatic rings. The van der Waals surface area contributed by atoms with E-state index in [1.54, 1.807) is 6.92 Å². The monoisotopic (exact) mass is 303 g/mol. The van der Waals surface area contributed by atoms with E-state index < -0.39 is 5.56 Å². The van der Waals surface area contributed by atoms with Crippen LogP contribution in [0.1, 0.15) is 19.8 Å². The van der Waals surface area contributed by atoms with Crippen molar-refractivity contribution in [1.29, 1.82) is 0 Å². The fourth-order valence-electron chi connectivity index (χ4n) is 1.53. The van der Waals surface area contributed by atoms with E-state index in [2.05, 4.69) is 10.4 Å². The van der Waals surface area contributed by atoms with Crippen LogP contribution in [0.15, 0.2) is 11.0 Å². The van der Waals surface area contributed by atoms with E-state index in [1.807, 2.05) is 0 Å². The van der Waals surface area contributed by atoms with Gasteiger partial charge in [0, 0.05) is 13.0 Å². The minimum Gasteiger partial charge on any atom is -0.466 e. The Hall–Kier alpha value is -1.60. The van der Waals surface area contributed by atoms with Crippen molar-refractivity contribution in [2.45, 2.75) is 26.3 Å². The Kier molecular flexibility index (Phi) is 7.03. The third-order valence-electron chi connectivity index (χ3n) is 2.48. The molecule has 20 heavy (non-hydrogen) atoms. The number of anilines is 1. The summed E-state index contributed by atoms with van der Waals surface area (Å²) >= 11 is 5.92. The second-order valence-electron chi connectivity index (χ2n) is 3.96. The maximum absolute atomic E-state index is 11.7. The Morgan fingerprint density at radius 1 is 1.60 bits per heavy atom. The third-order valence-corrected chi connectivity index (χ3v) is 2.84. The lowest BCUT2D eigenvalue weighted by Crippen LogP contribution is -2.25. The molecule has 0 unspecified atom stereocenters. The quantitative estimate of drug-likeness (QED) is 0.541. The maximum Gasteiger partial charge on any atom is 0.305 e. The summed E-state index contributed by atoms with van der Waals surface area (Å²) in [7, 11) is 0. The largest absolute Gasteiger partial charge is 0.466 e. The van der Waals surface area contributed by atoms with E-state index in [0.717, 1.165) is 4.68 Å². The number of halogens is 1. The average Bonchev–Trinajstić information content (AvgIpc) is 2.42. The van der Waals surface area contributed by atoms with Crippen molar-refractivity contribution in [2.24, 2.45) is 0 Å². The molecule has 0 aromatic carbocycles. The number of hydrogen-bond acceptors (Lipinski definition) is 6. The van der Waals surface area contributed by atoms with Crippen LogP contribution in [0.4, 0.5) is 5.69 Å². The third kappa shape index (κ3) is 4.82. The molecule has 0 spiro atoms. The minimum absolute atomic E-state index is 0.0181. The average molecular weight is 304 g/mol. The summed E-state index contributed by atoms with van der Waals surface area (Å²) in [5.74, 6) is -0.253. The van der Waals surface area contributed by atoms with E-state index >= 15 is 0 Å². The number of nitrogens with zero attached hydrogens (tertiary/aromatic N) is 2. The van der Waals surface area contributed by atoms with Crippen molar-refractivity contribution in [1.82, 2.24) is 9.78 Å². The highest BCUT2D eigenvalue weighted by Crippen LogP contribution is 2.15. The number of ether oxygens (including phenoxy) is 1. The van der Waals surface area contributed by atoms with Crippen LogP contribution in [-0.4, -0.2) is 40.6 Å². The number of nitrogens with one attached hydrogen (secondary N) is 1. The molecule has 8 heteroatoms. The van der Waals surface area contributed by atoms with Gasteiger partial charge in [-0.25, -0.2) is 4.68 Å². The minimum atomic E-state index is -0.462. The molecule has 0 fully saturated rings. The van der Waals surface area contributed by atoms with Crippen LogP contribution < -0.4 is 10.9 Å². The van der Waals surface area contributed by atoms with E-state index in [-0.39, 0.29) is 24.1 Å². The number of esters is 1. The van der Waals surface area contributed by atoms with Gasteiger partial charge in [0.2, 0.25) is 0 Å². The fraction of sp³-hybridized carbons (Fsp3) is 0.583. The molecule has 1 aromatic heterocycles. The Balaban J connectivity index is 2.51. The van der Waals surface area contributed by atoms with Gasteiger partial charge in [0.25, 0.3) is 5.56 Å². The summed E-state index contributed by atoms with van der Waals surface area (Å²) < 4.78 is 5.89. The number of carbonyl (C=O) groups is 1. The standard InChI is InChI=1S/C12H18ClN3O4/c1-2-20-10(18)4-3-5-14-9-8-15-16(6-7-17)12(19)11(9)13/h8,14,17H,2-7H2,1H3. The lowest BCUT2D eigenvalue weighted by Gasteiger charge is -2.09. The fourth-order valence-corrected chi connectivity index (χ4v) is 1.74. The normalized spacial score (nSPS) is 10.3. The molecule has 0 aliphatic rings. The summed E-state index contributed by atoms with van der Waals surface area (Å²) in [6.07, 6.45) is 2.28. The molecule has 112 valence electrons. The van der Waals surface area contributed by atoms with Crippen molar-refractivity contribution in [3.63, 3.8) is 0 Å². The molecule has 0 aliphatic heterocycles. The summed E-state index contributed by atoms with van der Waals surface area (Å²) in [5.41, 5.74) is -0.0502. The highest BCUT2D eigenvalue weighted by Gasteiger charge is 2.09. The predicted molar refractivity (Wildman–Crippen MR) is 74.9 cm³/mol. The van der Waals surface area contributed by atoms with Gasteiger partial charge in [0.15, 0.2) is 0 Å². The van der Waals surface area contributed by atoms with Crippen LogP contribution in [0, 0.1) is 0 Å². The van der Waals surface area contributed by atoms with Crippen molar-refractivity contribution in [3.8, 4) is 0 Å².